The van der Waals surface area contributed by atoms with Gasteiger partial charge in [-0.05, 0) is 37.3 Å². The van der Waals surface area contributed by atoms with E-state index < -0.39 is 5.82 Å². The third-order valence-electron chi connectivity index (χ3n) is 4.60. The van der Waals surface area contributed by atoms with Crippen molar-refractivity contribution in [2.75, 3.05) is 12.4 Å². The summed E-state index contributed by atoms with van der Waals surface area (Å²) in [6, 6.07) is 4.70. The molecule has 1 aromatic carbocycles. The molecule has 21 heavy (non-hydrogen) atoms. The van der Waals surface area contributed by atoms with E-state index in [-0.39, 0.29) is 17.7 Å². The number of anilines is 1. The lowest BCUT2D eigenvalue weighted by Crippen LogP contribution is -2.39. The number of hydrogen-bond donors (Lipinski definition) is 2. The van der Waals surface area contributed by atoms with Gasteiger partial charge in [-0.3, -0.25) is 4.79 Å². The number of ether oxygens (including phenoxy) is 1. The molecule has 3 unspecified atom stereocenters. The molecule has 0 radical (unpaired) electrons. The molecule has 0 bridgehead atoms. The maximum absolute atomic E-state index is 13.4. The molecule has 2 fully saturated rings. The van der Waals surface area contributed by atoms with Gasteiger partial charge >= 0.3 is 0 Å². The van der Waals surface area contributed by atoms with Crippen molar-refractivity contribution < 1.29 is 13.9 Å². The Balaban J connectivity index is 1.64. The van der Waals surface area contributed by atoms with Crippen LogP contribution in [0.5, 0.6) is 5.75 Å². The Bertz CT molecular complexity index is 521. The first-order valence-electron chi connectivity index (χ1n) is 7.58. The number of carbonyl (C=O) groups is 1. The molecule has 1 amide bonds. The molecule has 0 aromatic heterocycles. The zero-order valence-corrected chi connectivity index (χ0v) is 12.2. The molecule has 3 rings (SSSR count). The highest BCUT2D eigenvalue weighted by atomic mass is 19.1. The van der Waals surface area contributed by atoms with Crippen molar-refractivity contribution in [1.82, 2.24) is 5.32 Å². The van der Waals surface area contributed by atoms with E-state index in [1.165, 1.54) is 44.9 Å². The minimum absolute atomic E-state index is 0.0435. The Morgan fingerprint density at radius 3 is 2.95 bits per heavy atom. The fourth-order valence-electron chi connectivity index (χ4n) is 3.49. The lowest BCUT2D eigenvalue weighted by Gasteiger charge is -2.24. The van der Waals surface area contributed by atoms with Crippen LogP contribution in [0.3, 0.4) is 0 Å². The third-order valence-corrected chi connectivity index (χ3v) is 4.60. The van der Waals surface area contributed by atoms with E-state index in [4.69, 9.17) is 4.74 Å². The van der Waals surface area contributed by atoms with Crippen LogP contribution in [0.4, 0.5) is 10.1 Å². The molecular weight excluding hydrogens is 271 g/mol. The summed E-state index contributed by atoms with van der Waals surface area (Å²) < 4.78 is 18.3. The zero-order valence-electron chi connectivity index (χ0n) is 12.2. The Morgan fingerprint density at radius 2 is 2.19 bits per heavy atom. The second-order valence-electron chi connectivity index (χ2n) is 5.94. The molecule has 3 atom stereocenters. The predicted molar refractivity (Wildman–Crippen MR) is 78.9 cm³/mol. The Kier molecular flexibility index (Phi) is 4.10. The van der Waals surface area contributed by atoms with Gasteiger partial charge in [0.05, 0.1) is 13.2 Å². The van der Waals surface area contributed by atoms with E-state index in [1.807, 2.05) is 0 Å². The van der Waals surface area contributed by atoms with Crippen LogP contribution in [0.1, 0.15) is 32.1 Å². The Morgan fingerprint density at radius 1 is 1.38 bits per heavy atom. The summed E-state index contributed by atoms with van der Waals surface area (Å²) in [6.45, 7) is 0. The normalized spacial score (nSPS) is 28.0. The fourth-order valence-corrected chi connectivity index (χ4v) is 3.49. The average Bonchev–Trinajstić information content (AvgIpc) is 2.93. The second-order valence-corrected chi connectivity index (χ2v) is 5.94. The summed E-state index contributed by atoms with van der Waals surface area (Å²) in [6.07, 6.45) is 5.80. The topological polar surface area (TPSA) is 50.4 Å². The molecule has 114 valence electrons. The van der Waals surface area contributed by atoms with Crippen molar-refractivity contribution in [3.63, 3.8) is 0 Å². The summed E-state index contributed by atoms with van der Waals surface area (Å²) in [4.78, 5) is 12.3. The number of hydrogen-bond acceptors (Lipinski definition) is 3. The largest absolute Gasteiger partial charge is 0.494 e. The number of nitrogens with one attached hydrogen (secondary N) is 2. The molecule has 2 N–H and O–H groups in total. The first-order chi connectivity index (χ1) is 10.2. The maximum atomic E-state index is 13.4. The Hall–Kier alpha value is -1.62. The highest BCUT2D eigenvalue weighted by Crippen LogP contribution is 2.33. The standard InChI is InChI=1S/C16H21FN2O2/c1-21-15-9-11(6-7-12(15)17)18-16(20)14-8-10-4-2-3-5-13(10)19-14/h6-7,9-10,13-14,19H,2-5,8H2,1H3,(H,18,20). The van der Waals surface area contributed by atoms with E-state index in [2.05, 4.69) is 10.6 Å². The van der Waals surface area contributed by atoms with Crippen LogP contribution >= 0.6 is 0 Å². The van der Waals surface area contributed by atoms with Crippen LogP contribution in [0.25, 0.3) is 0 Å². The number of fused-ring (bicyclic) bond motifs is 1. The van der Waals surface area contributed by atoms with Gasteiger partial charge in [0.1, 0.15) is 0 Å². The van der Waals surface area contributed by atoms with E-state index >= 15 is 0 Å². The molecule has 4 nitrogen and oxygen atoms in total. The first-order valence-corrected chi connectivity index (χ1v) is 7.58. The van der Waals surface area contributed by atoms with Crippen molar-refractivity contribution >= 4 is 11.6 Å². The van der Waals surface area contributed by atoms with Crippen LogP contribution in [-0.4, -0.2) is 25.1 Å². The second kappa shape index (κ2) is 6.02. The molecule has 0 spiro atoms. The highest BCUT2D eigenvalue weighted by molar-refractivity contribution is 5.95. The molecule has 1 saturated carbocycles. The molecule has 1 aliphatic heterocycles. The quantitative estimate of drug-likeness (QED) is 0.900. The van der Waals surface area contributed by atoms with Crippen LogP contribution in [0, 0.1) is 11.7 Å². The molecule has 1 heterocycles. The van der Waals surface area contributed by atoms with Crippen molar-refractivity contribution in [2.45, 2.75) is 44.2 Å². The predicted octanol–water partition coefficient (Wildman–Crippen LogP) is 2.69. The van der Waals surface area contributed by atoms with Crippen LogP contribution in [0.15, 0.2) is 18.2 Å². The van der Waals surface area contributed by atoms with Crippen molar-refractivity contribution in [3.05, 3.63) is 24.0 Å². The zero-order chi connectivity index (χ0) is 14.8. The van der Waals surface area contributed by atoms with Crippen molar-refractivity contribution in [3.8, 4) is 5.75 Å². The van der Waals surface area contributed by atoms with Gasteiger partial charge in [0.25, 0.3) is 0 Å². The number of methoxy groups -OCH3 is 1. The number of benzene rings is 1. The van der Waals surface area contributed by atoms with Gasteiger partial charge in [0, 0.05) is 17.8 Å². The number of amides is 1. The fraction of sp³-hybridized carbons (Fsp3) is 0.562. The van der Waals surface area contributed by atoms with E-state index in [0.29, 0.717) is 17.6 Å². The minimum Gasteiger partial charge on any atom is -0.494 e. The van der Waals surface area contributed by atoms with Gasteiger partial charge in [-0.25, -0.2) is 4.39 Å². The van der Waals surface area contributed by atoms with Gasteiger partial charge < -0.3 is 15.4 Å². The maximum Gasteiger partial charge on any atom is 0.241 e. The van der Waals surface area contributed by atoms with E-state index in [9.17, 15) is 9.18 Å². The summed E-state index contributed by atoms with van der Waals surface area (Å²) in [7, 11) is 1.41. The molecule has 1 saturated heterocycles. The lowest BCUT2D eigenvalue weighted by molar-refractivity contribution is -0.117. The number of rotatable bonds is 3. The van der Waals surface area contributed by atoms with E-state index in [1.54, 1.807) is 6.07 Å². The first kappa shape index (κ1) is 14.3. The summed E-state index contributed by atoms with van der Waals surface area (Å²) in [5, 5.41) is 6.28. The highest BCUT2D eigenvalue weighted by Gasteiger charge is 2.38. The molecule has 1 aliphatic carbocycles. The monoisotopic (exact) mass is 292 g/mol. The smallest absolute Gasteiger partial charge is 0.241 e. The van der Waals surface area contributed by atoms with Gasteiger partial charge in [0.15, 0.2) is 11.6 Å². The third kappa shape index (κ3) is 3.02. The van der Waals surface area contributed by atoms with Crippen LogP contribution < -0.4 is 15.4 Å². The van der Waals surface area contributed by atoms with E-state index in [0.717, 1.165) is 6.42 Å². The van der Waals surface area contributed by atoms with Gasteiger partial charge in [0.2, 0.25) is 5.91 Å². The SMILES string of the molecule is COc1cc(NC(=O)C2CC3CCCCC3N2)ccc1F. The average molecular weight is 292 g/mol. The van der Waals surface area contributed by atoms with Crippen LogP contribution in [0.2, 0.25) is 0 Å². The van der Waals surface area contributed by atoms with Gasteiger partial charge in [-0.15, -0.1) is 0 Å². The molecular formula is C16H21FN2O2. The van der Waals surface area contributed by atoms with Crippen molar-refractivity contribution in [2.24, 2.45) is 5.92 Å². The minimum atomic E-state index is -0.430. The Labute approximate surface area is 124 Å². The summed E-state index contributed by atoms with van der Waals surface area (Å²) >= 11 is 0. The van der Waals surface area contributed by atoms with Gasteiger partial charge in [-0.2, -0.15) is 0 Å². The molecule has 2 aliphatic rings. The number of carbonyl (C=O) groups excluding carboxylic acids is 1. The molecule has 5 heteroatoms. The van der Waals surface area contributed by atoms with Gasteiger partial charge in [-0.1, -0.05) is 12.8 Å². The molecule has 1 aromatic rings. The summed E-state index contributed by atoms with van der Waals surface area (Å²) in [5.74, 6) is 0.289. The van der Waals surface area contributed by atoms with Crippen molar-refractivity contribution in [1.29, 1.82) is 0 Å². The number of halogens is 1. The summed E-state index contributed by atoms with van der Waals surface area (Å²) in [5.41, 5.74) is 0.565. The van der Waals surface area contributed by atoms with Crippen LogP contribution in [-0.2, 0) is 4.79 Å². The lowest BCUT2D eigenvalue weighted by atomic mass is 9.85.